The van der Waals surface area contributed by atoms with Gasteiger partial charge in [-0.3, -0.25) is 9.59 Å². The Kier molecular flexibility index (Phi) is 5.85. The average Bonchev–Trinajstić information content (AvgIpc) is 2.82. The van der Waals surface area contributed by atoms with Crippen LogP contribution in [0.15, 0.2) is 97.1 Å². The molecule has 0 spiro atoms. The van der Waals surface area contributed by atoms with Crippen LogP contribution in [-0.4, -0.2) is 11.8 Å². The quantitative estimate of drug-likeness (QED) is 0.338. The van der Waals surface area contributed by atoms with E-state index in [0.717, 1.165) is 11.1 Å². The first-order valence-corrected chi connectivity index (χ1v) is 10.0. The molecule has 4 rings (SSSR count). The van der Waals surface area contributed by atoms with Crippen molar-refractivity contribution >= 4 is 34.6 Å². The molecule has 0 fully saturated rings. The maximum Gasteiger partial charge on any atom is 0.255 e. The Bertz CT molecular complexity index is 1160. The van der Waals surface area contributed by atoms with Crippen LogP contribution in [0.1, 0.15) is 20.7 Å². The summed E-state index contributed by atoms with van der Waals surface area (Å²) in [5, 5.41) is 5.62. The van der Waals surface area contributed by atoms with E-state index in [2.05, 4.69) is 10.6 Å². The predicted molar refractivity (Wildman–Crippen MR) is 129 cm³/mol. The van der Waals surface area contributed by atoms with Crippen LogP contribution >= 0.6 is 0 Å². The van der Waals surface area contributed by atoms with Crippen LogP contribution in [0.4, 0.5) is 22.7 Å². The minimum atomic E-state index is -0.235. The zero-order chi connectivity index (χ0) is 22.5. The second-order valence-electron chi connectivity index (χ2n) is 7.24. The number of para-hydroxylation sites is 4. The summed E-state index contributed by atoms with van der Waals surface area (Å²) in [6, 6.07) is 28.7. The fourth-order valence-corrected chi connectivity index (χ4v) is 3.24. The second kappa shape index (κ2) is 9.06. The highest BCUT2D eigenvalue weighted by molar-refractivity contribution is 6.06. The number of nitrogens with one attached hydrogen (secondary N) is 2. The SMILES string of the molecule is Nc1ccccc1NC(=O)c1ccc(-c2ccc(C(=O)Nc3ccccc3N)cc2)cc1. The van der Waals surface area contributed by atoms with E-state index in [1.807, 2.05) is 48.5 Å². The van der Waals surface area contributed by atoms with E-state index < -0.39 is 0 Å². The third-order valence-corrected chi connectivity index (χ3v) is 5.05. The van der Waals surface area contributed by atoms with Gasteiger partial charge in [-0.1, -0.05) is 48.5 Å². The van der Waals surface area contributed by atoms with Gasteiger partial charge in [0.25, 0.3) is 11.8 Å². The number of carbonyl (C=O) groups is 2. The van der Waals surface area contributed by atoms with E-state index in [4.69, 9.17) is 11.5 Å². The maximum atomic E-state index is 12.5. The summed E-state index contributed by atoms with van der Waals surface area (Å²) in [4.78, 5) is 25.0. The summed E-state index contributed by atoms with van der Waals surface area (Å²) < 4.78 is 0. The third-order valence-electron chi connectivity index (χ3n) is 5.05. The Morgan fingerprint density at radius 1 is 0.500 bits per heavy atom. The molecule has 2 amide bonds. The highest BCUT2D eigenvalue weighted by Gasteiger charge is 2.10. The molecule has 0 radical (unpaired) electrons. The minimum Gasteiger partial charge on any atom is -0.397 e. The Morgan fingerprint density at radius 3 is 1.19 bits per heavy atom. The molecule has 0 aromatic heterocycles. The van der Waals surface area contributed by atoms with Gasteiger partial charge in [-0.15, -0.1) is 0 Å². The number of nitrogen functional groups attached to an aromatic ring is 2. The number of benzene rings is 4. The summed E-state index contributed by atoms with van der Waals surface area (Å²) in [5.41, 5.74) is 16.8. The lowest BCUT2D eigenvalue weighted by atomic mass is 10.0. The summed E-state index contributed by atoms with van der Waals surface area (Å²) in [6.07, 6.45) is 0. The van der Waals surface area contributed by atoms with Crippen LogP contribution in [0, 0.1) is 0 Å². The number of hydrogen-bond acceptors (Lipinski definition) is 4. The minimum absolute atomic E-state index is 0.235. The molecule has 0 aliphatic rings. The lowest BCUT2D eigenvalue weighted by Gasteiger charge is -2.10. The number of nitrogens with two attached hydrogens (primary N) is 2. The average molecular weight is 422 g/mol. The Balaban J connectivity index is 1.44. The van der Waals surface area contributed by atoms with E-state index in [1.165, 1.54) is 0 Å². The van der Waals surface area contributed by atoms with Crippen LogP contribution in [-0.2, 0) is 0 Å². The van der Waals surface area contributed by atoms with Crippen molar-refractivity contribution in [3.8, 4) is 11.1 Å². The number of carbonyl (C=O) groups excluding carboxylic acids is 2. The summed E-state index contributed by atoms with van der Waals surface area (Å²) in [5.74, 6) is -0.469. The van der Waals surface area contributed by atoms with E-state index in [0.29, 0.717) is 33.9 Å². The lowest BCUT2D eigenvalue weighted by molar-refractivity contribution is 0.101. The number of rotatable bonds is 5. The van der Waals surface area contributed by atoms with Crippen molar-refractivity contribution in [3.05, 3.63) is 108 Å². The third kappa shape index (κ3) is 4.60. The van der Waals surface area contributed by atoms with Crippen molar-refractivity contribution in [1.82, 2.24) is 0 Å². The molecular formula is C26H22N4O2. The normalized spacial score (nSPS) is 10.4. The molecule has 0 saturated heterocycles. The Morgan fingerprint density at radius 2 is 0.844 bits per heavy atom. The Labute approximate surface area is 185 Å². The van der Waals surface area contributed by atoms with Gasteiger partial charge in [0.05, 0.1) is 22.7 Å². The van der Waals surface area contributed by atoms with Gasteiger partial charge in [0.2, 0.25) is 0 Å². The van der Waals surface area contributed by atoms with Gasteiger partial charge in [0.15, 0.2) is 0 Å². The van der Waals surface area contributed by atoms with E-state index >= 15 is 0 Å². The molecule has 0 atom stereocenters. The highest BCUT2D eigenvalue weighted by Crippen LogP contribution is 2.23. The monoisotopic (exact) mass is 422 g/mol. The van der Waals surface area contributed by atoms with Crippen molar-refractivity contribution in [1.29, 1.82) is 0 Å². The first-order valence-electron chi connectivity index (χ1n) is 10.0. The summed E-state index contributed by atoms with van der Waals surface area (Å²) in [7, 11) is 0. The van der Waals surface area contributed by atoms with E-state index in [9.17, 15) is 9.59 Å². The van der Waals surface area contributed by atoms with Crippen molar-refractivity contribution in [2.75, 3.05) is 22.1 Å². The van der Waals surface area contributed by atoms with Gasteiger partial charge >= 0.3 is 0 Å². The van der Waals surface area contributed by atoms with Crippen LogP contribution in [0.2, 0.25) is 0 Å². The summed E-state index contributed by atoms with van der Waals surface area (Å²) >= 11 is 0. The van der Waals surface area contributed by atoms with Gasteiger partial charge in [0, 0.05) is 11.1 Å². The fraction of sp³-hybridized carbons (Fsp3) is 0. The van der Waals surface area contributed by atoms with Crippen LogP contribution in [0.5, 0.6) is 0 Å². The van der Waals surface area contributed by atoms with E-state index in [1.54, 1.807) is 48.5 Å². The zero-order valence-corrected chi connectivity index (χ0v) is 17.2. The molecule has 0 bridgehead atoms. The van der Waals surface area contributed by atoms with Gasteiger partial charge < -0.3 is 22.1 Å². The maximum absolute atomic E-state index is 12.5. The molecular weight excluding hydrogens is 400 g/mol. The molecule has 0 saturated carbocycles. The van der Waals surface area contributed by atoms with Gasteiger partial charge in [0.1, 0.15) is 0 Å². The number of hydrogen-bond donors (Lipinski definition) is 4. The molecule has 4 aromatic carbocycles. The molecule has 158 valence electrons. The molecule has 4 aromatic rings. The van der Waals surface area contributed by atoms with E-state index in [-0.39, 0.29) is 11.8 Å². The molecule has 32 heavy (non-hydrogen) atoms. The fourth-order valence-electron chi connectivity index (χ4n) is 3.24. The van der Waals surface area contributed by atoms with Crippen LogP contribution < -0.4 is 22.1 Å². The standard InChI is InChI=1S/C26H22N4O2/c27-21-5-1-3-7-23(21)29-25(31)19-13-9-17(10-14-19)18-11-15-20(16-12-18)26(32)30-24-8-4-2-6-22(24)28/h1-16H,27-28H2,(H,29,31)(H,30,32). The molecule has 0 unspecified atom stereocenters. The first kappa shape index (κ1) is 20.7. The molecule has 0 aliphatic heterocycles. The molecule has 6 nitrogen and oxygen atoms in total. The van der Waals surface area contributed by atoms with Crippen molar-refractivity contribution in [2.24, 2.45) is 0 Å². The van der Waals surface area contributed by atoms with Gasteiger partial charge in [-0.2, -0.15) is 0 Å². The second-order valence-corrected chi connectivity index (χ2v) is 7.24. The predicted octanol–water partition coefficient (Wildman–Crippen LogP) is 5.02. The van der Waals surface area contributed by atoms with Crippen molar-refractivity contribution < 1.29 is 9.59 Å². The highest BCUT2D eigenvalue weighted by atomic mass is 16.2. The number of amides is 2. The van der Waals surface area contributed by atoms with Crippen molar-refractivity contribution in [2.45, 2.75) is 0 Å². The number of anilines is 4. The first-order chi connectivity index (χ1) is 15.5. The summed E-state index contributed by atoms with van der Waals surface area (Å²) in [6.45, 7) is 0. The topological polar surface area (TPSA) is 110 Å². The zero-order valence-electron chi connectivity index (χ0n) is 17.2. The van der Waals surface area contributed by atoms with Crippen molar-refractivity contribution in [3.63, 3.8) is 0 Å². The van der Waals surface area contributed by atoms with Crippen LogP contribution in [0.3, 0.4) is 0 Å². The molecule has 0 aliphatic carbocycles. The molecule has 0 heterocycles. The molecule has 6 heteroatoms. The van der Waals surface area contributed by atoms with Gasteiger partial charge in [-0.25, -0.2) is 0 Å². The van der Waals surface area contributed by atoms with Gasteiger partial charge in [-0.05, 0) is 59.7 Å². The largest absolute Gasteiger partial charge is 0.397 e. The molecule has 6 N–H and O–H groups in total. The van der Waals surface area contributed by atoms with Crippen LogP contribution in [0.25, 0.3) is 11.1 Å². The smallest absolute Gasteiger partial charge is 0.255 e. The Hall–Kier alpha value is -4.58. The lowest BCUT2D eigenvalue weighted by Crippen LogP contribution is -2.13.